The van der Waals surface area contributed by atoms with Crippen LogP contribution in [0.2, 0.25) is 0 Å². The van der Waals surface area contributed by atoms with Gasteiger partial charge in [0.25, 0.3) is 0 Å². The first-order chi connectivity index (χ1) is 7.77. The lowest BCUT2D eigenvalue weighted by molar-refractivity contribution is 0.129. The van der Waals surface area contributed by atoms with Crippen molar-refractivity contribution < 1.29 is 4.74 Å². The van der Waals surface area contributed by atoms with E-state index in [0.29, 0.717) is 6.54 Å². The zero-order valence-corrected chi connectivity index (χ0v) is 13.3. The molecule has 0 aliphatic rings. The van der Waals surface area contributed by atoms with Gasteiger partial charge in [0, 0.05) is 19.8 Å². The van der Waals surface area contributed by atoms with Gasteiger partial charge in [0.15, 0.2) is 5.96 Å². The van der Waals surface area contributed by atoms with Gasteiger partial charge in [-0.05, 0) is 12.8 Å². The summed E-state index contributed by atoms with van der Waals surface area (Å²) in [4.78, 5) is 3.88. The Kier molecular flexibility index (Phi) is 18.1. The Bertz CT molecular complexity index is 173. The zero-order valence-electron chi connectivity index (χ0n) is 11.0. The summed E-state index contributed by atoms with van der Waals surface area (Å²) in [5.41, 5.74) is 10.4. The maximum atomic E-state index is 5.47. The molecule has 0 radical (unpaired) electrons. The van der Waals surface area contributed by atoms with Gasteiger partial charge in [-0.2, -0.15) is 0 Å². The first-order valence-corrected chi connectivity index (χ1v) is 6.40. The lowest BCUT2D eigenvalue weighted by Gasteiger charge is -2.03. The first-order valence-electron chi connectivity index (χ1n) is 6.40. The molecule has 0 unspecified atom stereocenters. The largest absolute Gasteiger partial charge is 0.381 e. The van der Waals surface area contributed by atoms with E-state index in [9.17, 15) is 0 Å². The molecule has 0 aliphatic carbocycles. The minimum Gasteiger partial charge on any atom is -0.381 e. The summed E-state index contributed by atoms with van der Waals surface area (Å²) in [6.07, 6.45) is 8.72. The number of unbranched alkanes of at least 4 members (excludes halogenated alkanes) is 5. The number of nitrogens with two attached hydrogens (primary N) is 2. The van der Waals surface area contributed by atoms with Crippen molar-refractivity contribution in [2.75, 3.05) is 19.8 Å². The Balaban J connectivity index is 0. The van der Waals surface area contributed by atoms with Gasteiger partial charge < -0.3 is 16.2 Å². The van der Waals surface area contributed by atoms with Crippen molar-refractivity contribution in [2.24, 2.45) is 16.5 Å². The highest BCUT2D eigenvalue weighted by Crippen LogP contribution is 2.04. The molecule has 0 fully saturated rings. The molecule has 0 aromatic carbocycles. The third-order valence-electron chi connectivity index (χ3n) is 2.38. The highest BCUT2D eigenvalue weighted by atomic mass is 127. The molecule has 0 saturated heterocycles. The Morgan fingerprint density at radius 2 is 1.53 bits per heavy atom. The number of aliphatic imine (C=N–C) groups is 1. The molecule has 0 aliphatic heterocycles. The second kappa shape index (κ2) is 16.0. The van der Waals surface area contributed by atoms with Gasteiger partial charge in [-0.25, -0.2) is 0 Å². The highest BCUT2D eigenvalue weighted by molar-refractivity contribution is 14.0. The number of ether oxygens (including phenoxy) is 1. The fraction of sp³-hybridized carbons (Fsp3) is 0.917. The van der Waals surface area contributed by atoms with Crippen LogP contribution in [0, 0.1) is 0 Å². The number of hydrogen-bond acceptors (Lipinski definition) is 2. The molecular formula is C12H28IN3O. The second-order valence-electron chi connectivity index (χ2n) is 4.04. The van der Waals surface area contributed by atoms with E-state index in [1.54, 1.807) is 0 Å². The summed E-state index contributed by atoms with van der Waals surface area (Å²) >= 11 is 0. The van der Waals surface area contributed by atoms with E-state index in [-0.39, 0.29) is 29.9 Å². The van der Waals surface area contributed by atoms with Crippen LogP contribution in [0.1, 0.15) is 51.9 Å². The number of nitrogens with zero attached hydrogens (tertiary/aromatic N) is 1. The molecule has 0 rings (SSSR count). The normalized spacial score (nSPS) is 9.71. The lowest BCUT2D eigenvalue weighted by Crippen LogP contribution is -2.23. The summed E-state index contributed by atoms with van der Waals surface area (Å²) < 4.78 is 5.47. The van der Waals surface area contributed by atoms with E-state index in [1.165, 1.54) is 38.5 Å². The van der Waals surface area contributed by atoms with E-state index in [4.69, 9.17) is 16.2 Å². The number of halogens is 1. The molecule has 0 amide bonds. The summed E-state index contributed by atoms with van der Waals surface area (Å²) in [5, 5.41) is 0. The van der Waals surface area contributed by atoms with Crippen LogP contribution in [-0.4, -0.2) is 25.7 Å². The molecule has 0 heterocycles. The van der Waals surface area contributed by atoms with Crippen molar-refractivity contribution in [1.29, 1.82) is 0 Å². The number of rotatable bonds is 11. The maximum Gasteiger partial charge on any atom is 0.185 e. The topological polar surface area (TPSA) is 73.6 Å². The second-order valence-corrected chi connectivity index (χ2v) is 4.04. The molecule has 0 spiro atoms. The fourth-order valence-corrected chi connectivity index (χ4v) is 1.46. The van der Waals surface area contributed by atoms with Crippen LogP contribution in [0.15, 0.2) is 4.99 Å². The third-order valence-corrected chi connectivity index (χ3v) is 2.38. The van der Waals surface area contributed by atoms with Crippen LogP contribution in [0.3, 0.4) is 0 Å². The summed E-state index contributed by atoms with van der Waals surface area (Å²) in [5.74, 6) is 0.163. The highest BCUT2D eigenvalue weighted by Gasteiger charge is 1.91. The molecular weight excluding hydrogens is 329 g/mol. The van der Waals surface area contributed by atoms with Crippen molar-refractivity contribution in [3.05, 3.63) is 0 Å². The monoisotopic (exact) mass is 357 g/mol. The minimum absolute atomic E-state index is 0. The molecule has 0 bridgehead atoms. The lowest BCUT2D eigenvalue weighted by atomic mass is 10.1. The first kappa shape index (κ1) is 19.3. The zero-order chi connectivity index (χ0) is 12.1. The average Bonchev–Trinajstić information content (AvgIpc) is 2.25. The Hall–Kier alpha value is -0.0400. The summed E-state index contributed by atoms with van der Waals surface area (Å²) in [6, 6.07) is 0. The van der Waals surface area contributed by atoms with Crippen molar-refractivity contribution in [2.45, 2.75) is 51.9 Å². The third kappa shape index (κ3) is 18.5. The number of hydrogen-bond donors (Lipinski definition) is 2. The summed E-state index contributed by atoms with van der Waals surface area (Å²) in [7, 11) is 0. The van der Waals surface area contributed by atoms with E-state index >= 15 is 0 Å². The van der Waals surface area contributed by atoms with Crippen molar-refractivity contribution in [1.82, 2.24) is 0 Å². The molecule has 5 heteroatoms. The van der Waals surface area contributed by atoms with Gasteiger partial charge in [-0.1, -0.05) is 39.0 Å². The minimum atomic E-state index is 0. The van der Waals surface area contributed by atoms with Crippen molar-refractivity contribution in [3.63, 3.8) is 0 Å². The fourth-order valence-electron chi connectivity index (χ4n) is 1.46. The van der Waals surface area contributed by atoms with Crippen molar-refractivity contribution in [3.8, 4) is 0 Å². The van der Waals surface area contributed by atoms with Crippen LogP contribution in [0.5, 0.6) is 0 Å². The summed E-state index contributed by atoms with van der Waals surface area (Å²) in [6.45, 7) is 4.53. The van der Waals surface area contributed by atoms with E-state index < -0.39 is 0 Å². The van der Waals surface area contributed by atoms with Gasteiger partial charge in [-0.15, -0.1) is 24.0 Å². The Labute approximate surface area is 123 Å². The molecule has 4 nitrogen and oxygen atoms in total. The van der Waals surface area contributed by atoms with Gasteiger partial charge in [-0.3, -0.25) is 4.99 Å². The van der Waals surface area contributed by atoms with Crippen molar-refractivity contribution >= 4 is 29.9 Å². The molecule has 17 heavy (non-hydrogen) atoms. The molecule has 0 saturated carbocycles. The maximum absolute atomic E-state index is 5.47. The van der Waals surface area contributed by atoms with Gasteiger partial charge in [0.2, 0.25) is 0 Å². The molecule has 104 valence electrons. The predicted molar refractivity (Wildman–Crippen MR) is 84.9 cm³/mol. The molecule has 0 aromatic heterocycles. The van der Waals surface area contributed by atoms with Crippen LogP contribution < -0.4 is 11.5 Å². The Morgan fingerprint density at radius 1 is 0.941 bits per heavy atom. The molecule has 0 aromatic rings. The van der Waals surface area contributed by atoms with Crippen LogP contribution in [0.4, 0.5) is 0 Å². The molecule has 0 atom stereocenters. The van der Waals surface area contributed by atoms with Gasteiger partial charge >= 0.3 is 0 Å². The number of guanidine groups is 1. The van der Waals surface area contributed by atoms with Crippen LogP contribution in [-0.2, 0) is 4.74 Å². The van der Waals surface area contributed by atoms with E-state index in [0.717, 1.165) is 19.6 Å². The van der Waals surface area contributed by atoms with E-state index in [2.05, 4.69) is 11.9 Å². The van der Waals surface area contributed by atoms with Crippen LogP contribution >= 0.6 is 24.0 Å². The smallest absolute Gasteiger partial charge is 0.185 e. The van der Waals surface area contributed by atoms with Gasteiger partial charge in [0.1, 0.15) is 0 Å². The Morgan fingerprint density at radius 3 is 2.18 bits per heavy atom. The van der Waals surface area contributed by atoms with Gasteiger partial charge in [0.05, 0.1) is 0 Å². The van der Waals surface area contributed by atoms with Crippen LogP contribution in [0.25, 0.3) is 0 Å². The predicted octanol–water partition coefficient (Wildman–Crippen LogP) is 2.65. The quantitative estimate of drug-likeness (QED) is 0.258. The standard InChI is InChI=1S/C12H27N3O.HI/c1-2-3-4-5-6-7-10-16-11-8-9-15-12(13)14;/h2-11H2,1H3,(H4,13,14,15);1H. The van der Waals surface area contributed by atoms with E-state index in [1.807, 2.05) is 0 Å². The molecule has 4 N–H and O–H groups in total. The average molecular weight is 357 g/mol. The SMILES string of the molecule is CCCCCCCCOCCCN=C(N)N.I.